The maximum atomic E-state index is 11.0. The van der Waals surface area contributed by atoms with Gasteiger partial charge in [-0.15, -0.1) is 11.3 Å². The molecule has 0 saturated heterocycles. The Morgan fingerprint density at radius 3 is 2.50 bits per heavy atom. The van der Waals surface area contributed by atoms with Gasteiger partial charge in [0.25, 0.3) is 9.05 Å². The maximum absolute atomic E-state index is 11.0. The minimum Gasteiger partial charge on any atom is -0.300 e. The lowest BCUT2D eigenvalue weighted by molar-refractivity contribution is 0.320. The Labute approximate surface area is 91.9 Å². The third kappa shape index (κ3) is 2.66. The summed E-state index contributed by atoms with van der Waals surface area (Å²) in [6.45, 7) is 1.95. The van der Waals surface area contributed by atoms with E-state index in [1.54, 1.807) is 0 Å². The number of hydrogen-bond donors (Lipinski definition) is 0. The molecular weight excluding hydrogens is 244 g/mol. The van der Waals surface area contributed by atoms with Crippen molar-refractivity contribution in [1.29, 1.82) is 0 Å². The number of hydrogen-bond acceptors (Lipinski definition) is 5. The molecule has 1 unspecified atom stereocenters. The van der Waals surface area contributed by atoms with E-state index >= 15 is 0 Å². The summed E-state index contributed by atoms with van der Waals surface area (Å²) in [6.07, 6.45) is 1.29. The summed E-state index contributed by atoms with van der Waals surface area (Å²) >= 11 is 1.10. The smallest absolute Gasteiger partial charge is 0.272 e. The lowest BCUT2D eigenvalue weighted by Gasteiger charge is -2.16. The van der Waals surface area contributed by atoms with E-state index < -0.39 is 9.05 Å². The number of aromatic nitrogens is 1. The average Bonchev–Trinajstić information content (AvgIpc) is 2.49. The molecule has 0 N–H and O–H groups in total. The topological polar surface area (TPSA) is 50.3 Å². The molecule has 80 valence electrons. The van der Waals surface area contributed by atoms with Gasteiger partial charge < -0.3 is 4.90 Å². The molecule has 1 aromatic rings. The molecule has 0 aromatic carbocycles. The lowest BCUT2D eigenvalue weighted by atomic mass is 10.3. The summed E-state index contributed by atoms with van der Waals surface area (Å²) < 4.78 is 22.0. The fourth-order valence-electron chi connectivity index (χ4n) is 0.799. The quantitative estimate of drug-likeness (QED) is 0.771. The first-order valence-corrected chi connectivity index (χ1v) is 7.01. The summed E-state index contributed by atoms with van der Waals surface area (Å²) in [6, 6.07) is 0.0900. The fourth-order valence-corrected chi connectivity index (χ4v) is 2.83. The molecule has 0 aliphatic carbocycles. The van der Waals surface area contributed by atoms with Crippen molar-refractivity contribution in [2.24, 2.45) is 0 Å². The van der Waals surface area contributed by atoms with Gasteiger partial charge in [0.1, 0.15) is 5.01 Å². The van der Waals surface area contributed by atoms with Gasteiger partial charge in [-0.25, -0.2) is 13.4 Å². The molecule has 0 spiro atoms. The van der Waals surface area contributed by atoms with Crippen molar-refractivity contribution in [1.82, 2.24) is 9.88 Å². The monoisotopic (exact) mass is 254 g/mol. The van der Waals surface area contributed by atoms with Gasteiger partial charge >= 0.3 is 0 Å². The molecule has 0 fully saturated rings. The second-order valence-corrected chi connectivity index (χ2v) is 6.95. The van der Waals surface area contributed by atoms with Crippen LogP contribution in [0.2, 0.25) is 0 Å². The van der Waals surface area contributed by atoms with E-state index in [0.29, 0.717) is 0 Å². The Hall–Kier alpha value is -0.170. The number of rotatable bonds is 3. The van der Waals surface area contributed by atoms with Crippen molar-refractivity contribution in [3.8, 4) is 0 Å². The average molecular weight is 255 g/mol. The highest BCUT2D eigenvalue weighted by atomic mass is 35.7. The van der Waals surface area contributed by atoms with Crippen LogP contribution in [0.3, 0.4) is 0 Å². The van der Waals surface area contributed by atoms with E-state index in [0.717, 1.165) is 16.3 Å². The molecule has 1 aromatic heterocycles. The van der Waals surface area contributed by atoms with E-state index in [1.165, 1.54) is 6.20 Å². The third-order valence-electron chi connectivity index (χ3n) is 1.87. The van der Waals surface area contributed by atoms with Crippen molar-refractivity contribution < 1.29 is 8.42 Å². The zero-order chi connectivity index (χ0) is 10.9. The van der Waals surface area contributed by atoms with Crippen LogP contribution in [-0.4, -0.2) is 32.4 Å². The van der Waals surface area contributed by atoms with Crippen molar-refractivity contribution in [3.05, 3.63) is 11.2 Å². The third-order valence-corrected chi connectivity index (χ3v) is 5.10. The van der Waals surface area contributed by atoms with Gasteiger partial charge in [0.05, 0.1) is 12.2 Å². The zero-order valence-electron chi connectivity index (χ0n) is 8.06. The van der Waals surface area contributed by atoms with Crippen molar-refractivity contribution in [2.75, 3.05) is 14.1 Å². The molecule has 0 amide bonds. The Bertz CT molecular complexity index is 413. The van der Waals surface area contributed by atoms with E-state index in [2.05, 4.69) is 4.98 Å². The number of thiazole rings is 1. The predicted octanol–water partition coefficient (Wildman–Crippen LogP) is 1.69. The van der Waals surface area contributed by atoms with Crippen LogP contribution in [0, 0.1) is 0 Å². The first-order valence-electron chi connectivity index (χ1n) is 3.89. The van der Waals surface area contributed by atoms with Gasteiger partial charge in [0.15, 0.2) is 4.21 Å². The van der Waals surface area contributed by atoms with Gasteiger partial charge in [-0.3, -0.25) is 0 Å². The molecule has 1 rings (SSSR count). The second kappa shape index (κ2) is 4.14. The minimum absolute atomic E-state index is 0.0900. The van der Waals surface area contributed by atoms with E-state index in [9.17, 15) is 8.42 Å². The molecule has 0 radical (unpaired) electrons. The molecular formula is C7H11ClN2O2S2. The molecule has 1 heterocycles. The standard InChI is InChI=1S/C7H11ClN2O2S2/c1-5(10(2)3)7-9-4-6(13-7)14(8,11)12/h4-5H,1-3H3. The zero-order valence-corrected chi connectivity index (χ0v) is 10.4. The summed E-state index contributed by atoms with van der Waals surface area (Å²) in [5, 5.41) is 0.745. The maximum Gasteiger partial charge on any atom is 0.272 e. The van der Waals surface area contributed by atoms with Gasteiger partial charge in [0, 0.05) is 10.7 Å². The summed E-state index contributed by atoms with van der Waals surface area (Å²) in [5.74, 6) is 0. The van der Waals surface area contributed by atoms with Gasteiger partial charge in [-0.2, -0.15) is 0 Å². The van der Waals surface area contributed by atoms with Crippen LogP contribution in [0.15, 0.2) is 10.4 Å². The number of halogens is 1. The van der Waals surface area contributed by atoms with Crippen LogP contribution in [-0.2, 0) is 9.05 Å². The molecule has 0 bridgehead atoms. The van der Waals surface area contributed by atoms with Crippen LogP contribution >= 0.6 is 22.0 Å². The molecule has 0 aliphatic heterocycles. The second-order valence-electron chi connectivity index (χ2n) is 3.09. The summed E-state index contributed by atoms with van der Waals surface area (Å²) in [7, 11) is 5.36. The molecule has 1 atom stereocenters. The number of nitrogens with zero attached hydrogens (tertiary/aromatic N) is 2. The van der Waals surface area contributed by atoms with Gasteiger partial charge in [-0.1, -0.05) is 0 Å². The van der Waals surface area contributed by atoms with Gasteiger partial charge in [0.2, 0.25) is 0 Å². The first kappa shape index (κ1) is 11.9. The SMILES string of the molecule is CC(c1ncc(S(=O)(=O)Cl)s1)N(C)C. The van der Waals surface area contributed by atoms with Crippen LogP contribution in [0.4, 0.5) is 0 Å². The van der Waals surface area contributed by atoms with Crippen LogP contribution in [0.5, 0.6) is 0 Å². The van der Waals surface area contributed by atoms with Crippen molar-refractivity contribution >= 4 is 31.1 Å². The molecule has 0 aliphatic rings. The van der Waals surface area contributed by atoms with Crippen LogP contribution in [0.25, 0.3) is 0 Å². The lowest BCUT2D eigenvalue weighted by Crippen LogP contribution is -2.16. The van der Waals surface area contributed by atoms with E-state index in [4.69, 9.17) is 10.7 Å². The van der Waals surface area contributed by atoms with Crippen LogP contribution < -0.4 is 0 Å². The minimum atomic E-state index is -3.63. The predicted molar refractivity (Wildman–Crippen MR) is 57.3 cm³/mol. The van der Waals surface area contributed by atoms with E-state index in [-0.39, 0.29) is 10.3 Å². The highest BCUT2D eigenvalue weighted by molar-refractivity contribution is 8.15. The highest BCUT2D eigenvalue weighted by Crippen LogP contribution is 2.27. The Morgan fingerprint density at radius 2 is 2.14 bits per heavy atom. The molecule has 0 saturated carbocycles. The highest BCUT2D eigenvalue weighted by Gasteiger charge is 2.18. The van der Waals surface area contributed by atoms with Crippen LogP contribution in [0.1, 0.15) is 18.0 Å². The largest absolute Gasteiger partial charge is 0.300 e. The molecule has 14 heavy (non-hydrogen) atoms. The normalized spacial score (nSPS) is 14.6. The summed E-state index contributed by atoms with van der Waals surface area (Å²) in [4.78, 5) is 5.96. The van der Waals surface area contributed by atoms with E-state index in [1.807, 2.05) is 25.9 Å². The Morgan fingerprint density at radius 1 is 1.57 bits per heavy atom. The Balaban J connectivity index is 3.00. The first-order chi connectivity index (χ1) is 6.32. The fraction of sp³-hybridized carbons (Fsp3) is 0.571. The molecule has 7 heteroatoms. The van der Waals surface area contributed by atoms with Crippen molar-refractivity contribution in [2.45, 2.75) is 17.2 Å². The van der Waals surface area contributed by atoms with Crippen molar-refractivity contribution in [3.63, 3.8) is 0 Å². The van der Waals surface area contributed by atoms with Gasteiger partial charge in [-0.05, 0) is 21.0 Å². The summed E-state index contributed by atoms with van der Waals surface area (Å²) in [5.41, 5.74) is 0. The Kier molecular flexibility index (Phi) is 3.52. The molecule has 4 nitrogen and oxygen atoms in total.